The number of likely N-dealkylation sites (tertiary alicyclic amines) is 1. The van der Waals surface area contributed by atoms with Gasteiger partial charge in [-0.05, 0) is 30.5 Å². The van der Waals surface area contributed by atoms with E-state index in [0.29, 0.717) is 16.5 Å². The van der Waals surface area contributed by atoms with Crippen molar-refractivity contribution in [1.29, 1.82) is 0 Å². The Hall–Kier alpha value is -1.30. The van der Waals surface area contributed by atoms with Gasteiger partial charge in [0.25, 0.3) is 0 Å². The second kappa shape index (κ2) is 6.92. The summed E-state index contributed by atoms with van der Waals surface area (Å²) in [6.07, 6.45) is 1.16. The molecule has 1 atom stereocenters. The number of nitrogens with two attached hydrogens (primary N) is 1. The first kappa shape index (κ1) is 15.1. The Labute approximate surface area is 124 Å². The van der Waals surface area contributed by atoms with Gasteiger partial charge in [0.05, 0.1) is 6.61 Å². The molecule has 0 saturated carbocycles. The summed E-state index contributed by atoms with van der Waals surface area (Å²) in [7, 11) is 1.74. The van der Waals surface area contributed by atoms with Crippen LogP contribution in [0.1, 0.15) is 17.5 Å². The smallest absolute Gasteiger partial charge is 0.170 e. The molecule has 1 fully saturated rings. The molecule has 3 N–H and O–H groups in total. The van der Waals surface area contributed by atoms with E-state index in [0.717, 1.165) is 38.2 Å². The van der Waals surface area contributed by atoms with E-state index >= 15 is 0 Å². The van der Waals surface area contributed by atoms with Gasteiger partial charge in [-0.15, -0.1) is 0 Å². The molecule has 1 aromatic rings. The standard InChI is InChI=1S/C14H20ClN3O2/c1-20-9-10-4-5-18(7-10)8-12-3-2-11(6-13(12)15)14(16)17-19/h2-3,6,10,19H,4-5,7-9H2,1H3,(H2,16,17). The summed E-state index contributed by atoms with van der Waals surface area (Å²) >= 11 is 6.26. The fraction of sp³-hybridized carbons (Fsp3) is 0.500. The molecule has 2 rings (SSSR count). The molecule has 1 aliphatic heterocycles. The fourth-order valence-electron chi connectivity index (χ4n) is 2.56. The number of hydrogen-bond acceptors (Lipinski definition) is 4. The average molecular weight is 298 g/mol. The molecule has 1 unspecified atom stereocenters. The Bertz CT molecular complexity index is 493. The van der Waals surface area contributed by atoms with Gasteiger partial charge in [-0.3, -0.25) is 4.90 Å². The van der Waals surface area contributed by atoms with Crippen molar-refractivity contribution in [2.24, 2.45) is 16.8 Å². The van der Waals surface area contributed by atoms with Gasteiger partial charge in [-0.2, -0.15) is 0 Å². The predicted molar refractivity (Wildman–Crippen MR) is 79.2 cm³/mol. The molecule has 0 radical (unpaired) electrons. The van der Waals surface area contributed by atoms with Crippen molar-refractivity contribution in [1.82, 2.24) is 4.90 Å². The van der Waals surface area contributed by atoms with Gasteiger partial charge in [-0.1, -0.05) is 28.9 Å². The lowest BCUT2D eigenvalue weighted by molar-refractivity contribution is 0.152. The van der Waals surface area contributed by atoms with Crippen molar-refractivity contribution in [3.8, 4) is 0 Å². The average Bonchev–Trinajstić information content (AvgIpc) is 2.88. The zero-order valence-corrected chi connectivity index (χ0v) is 12.3. The van der Waals surface area contributed by atoms with Gasteiger partial charge in [0.2, 0.25) is 0 Å². The van der Waals surface area contributed by atoms with E-state index in [-0.39, 0.29) is 5.84 Å². The maximum Gasteiger partial charge on any atom is 0.170 e. The number of nitrogens with zero attached hydrogens (tertiary/aromatic N) is 2. The van der Waals surface area contributed by atoms with E-state index in [9.17, 15) is 0 Å². The van der Waals surface area contributed by atoms with E-state index in [4.69, 9.17) is 27.3 Å². The summed E-state index contributed by atoms with van der Waals surface area (Å²) in [5, 5.41) is 12.3. The van der Waals surface area contributed by atoms with Gasteiger partial charge >= 0.3 is 0 Å². The molecule has 1 aromatic carbocycles. The highest BCUT2D eigenvalue weighted by Gasteiger charge is 2.22. The molecule has 0 aliphatic carbocycles. The molecule has 6 heteroatoms. The Balaban J connectivity index is 2.00. The third kappa shape index (κ3) is 3.62. The van der Waals surface area contributed by atoms with Crippen molar-refractivity contribution in [2.75, 3.05) is 26.8 Å². The summed E-state index contributed by atoms with van der Waals surface area (Å²) in [6, 6.07) is 5.48. The van der Waals surface area contributed by atoms with Crippen LogP contribution >= 0.6 is 11.6 Å². The van der Waals surface area contributed by atoms with E-state index in [1.165, 1.54) is 0 Å². The van der Waals surface area contributed by atoms with E-state index in [1.54, 1.807) is 13.2 Å². The summed E-state index contributed by atoms with van der Waals surface area (Å²) < 4.78 is 5.20. The van der Waals surface area contributed by atoms with Crippen molar-refractivity contribution < 1.29 is 9.94 Å². The topological polar surface area (TPSA) is 71.1 Å². The Morgan fingerprint density at radius 3 is 3.05 bits per heavy atom. The molecular formula is C14H20ClN3O2. The number of benzene rings is 1. The third-order valence-electron chi connectivity index (χ3n) is 3.62. The zero-order valence-electron chi connectivity index (χ0n) is 11.6. The lowest BCUT2D eigenvalue weighted by Crippen LogP contribution is -2.21. The minimum absolute atomic E-state index is 0.0692. The number of halogens is 1. The Morgan fingerprint density at radius 1 is 1.60 bits per heavy atom. The van der Waals surface area contributed by atoms with Gasteiger partial charge < -0.3 is 15.7 Å². The highest BCUT2D eigenvalue weighted by atomic mass is 35.5. The van der Waals surface area contributed by atoms with Crippen LogP contribution in [-0.4, -0.2) is 42.7 Å². The summed E-state index contributed by atoms with van der Waals surface area (Å²) in [5.74, 6) is 0.676. The molecular weight excluding hydrogens is 278 g/mol. The highest BCUT2D eigenvalue weighted by molar-refractivity contribution is 6.31. The molecule has 0 amide bonds. The number of rotatable bonds is 5. The van der Waals surface area contributed by atoms with E-state index < -0.39 is 0 Å². The summed E-state index contributed by atoms with van der Waals surface area (Å²) in [5.41, 5.74) is 7.23. The molecule has 1 saturated heterocycles. The molecule has 0 aromatic heterocycles. The van der Waals surface area contributed by atoms with Gasteiger partial charge in [0.15, 0.2) is 5.84 Å². The number of ether oxygens (including phenoxy) is 1. The quantitative estimate of drug-likeness (QED) is 0.377. The van der Waals surface area contributed by atoms with Crippen LogP contribution in [-0.2, 0) is 11.3 Å². The normalized spacial score (nSPS) is 20.5. The molecule has 0 spiro atoms. The van der Waals surface area contributed by atoms with Gasteiger partial charge in [0, 0.05) is 30.8 Å². The minimum atomic E-state index is 0.0692. The maximum atomic E-state index is 8.66. The van der Waals surface area contributed by atoms with E-state index in [2.05, 4.69) is 10.1 Å². The molecule has 1 heterocycles. The van der Waals surface area contributed by atoms with Crippen molar-refractivity contribution in [3.63, 3.8) is 0 Å². The monoisotopic (exact) mass is 297 g/mol. The zero-order chi connectivity index (χ0) is 14.5. The van der Waals surface area contributed by atoms with Crippen LogP contribution in [0.15, 0.2) is 23.4 Å². The maximum absolute atomic E-state index is 8.66. The van der Waals surface area contributed by atoms with Crippen molar-refractivity contribution >= 4 is 17.4 Å². The van der Waals surface area contributed by atoms with Crippen molar-refractivity contribution in [3.05, 3.63) is 34.3 Å². The number of hydrogen-bond donors (Lipinski definition) is 2. The first-order valence-electron chi connectivity index (χ1n) is 6.61. The Kier molecular flexibility index (Phi) is 5.23. The van der Waals surface area contributed by atoms with Crippen LogP contribution in [0.2, 0.25) is 5.02 Å². The predicted octanol–water partition coefficient (Wildman–Crippen LogP) is 1.90. The van der Waals surface area contributed by atoms with Gasteiger partial charge in [0.1, 0.15) is 0 Å². The lowest BCUT2D eigenvalue weighted by Gasteiger charge is -2.17. The van der Waals surface area contributed by atoms with Gasteiger partial charge in [-0.25, -0.2) is 0 Å². The lowest BCUT2D eigenvalue weighted by atomic mass is 10.1. The van der Waals surface area contributed by atoms with Crippen LogP contribution in [0.5, 0.6) is 0 Å². The summed E-state index contributed by atoms with van der Waals surface area (Å²) in [4.78, 5) is 2.37. The number of amidine groups is 1. The fourth-order valence-corrected chi connectivity index (χ4v) is 2.80. The summed E-state index contributed by atoms with van der Waals surface area (Å²) in [6.45, 7) is 3.72. The molecule has 0 bridgehead atoms. The SMILES string of the molecule is COCC1CCN(Cc2ccc(/C(N)=N/O)cc2Cl)C1. The van der Waals surface area contributed by atoms with Crippen LogP contribution in [0.3, 0.4) is 0 Å². The van der Waals surface area contributed by atoms with Crippen molar-refractivity contribution in [2.45, 2.75) is 13.0 Å². The first-order valence-corrected chi connectivity index (χ1v) is 6.99. The molecule has 20 heavy (non-hydrogen) atoms. The largest absolute Gasteiger partial charge is 0.409 e. The van der Waals surface area contributed by atoms with Crippen LogP contribution in [0, 0.1) is 5.92 Å². The third-order valence-corrected chi connectivity index (χ3v) is 3.97. The highest BCUT2D eigenvalue weighted by Crippen LogP contribution is 2.23. The molecule has 5 nitrogen and oxygen atoms in total. The number of oxime groups is 1. The molecule has 110 valence electrons. The van der Waals surface area contributed by atoms with Crippen LogP contribution in [0.25, 0.3) is 0 Å². The van der Waals surface area contributed by atoms with Crippen LogP contribution in [0.4, 0.5) is 0 Å². The second-order valence-corrected chi connectivity index (χ2v) is 5.54. The second-order valence-electron chi connectivity index (χ2n) is 5.14. The Morgan fingerprint density at radius 2 is 2.40 bits per heavy atom. The molecule has 1 aliphatic rings. The number of methoxy groups -OCH3 is 1. The van der Waals surface area contributed by atoms with Crippen LogP contribution < -0.4 is 5.73 Å². The minimum Gasteiger partial charge on any atom is -0.409 e. The van der Waals surface area contributed by atoms with E-state index in [1.807, 2.05) is 12.1 Å². The first-order chi connectivity index (χ1) is 9.63.